The van der Waals surface area contributed by atoms with Gasteiger partial charge in [-0.05, 0) is 49.6 Å². The maximum Gasteiger partial charge on any atom is 0.293 e. The van der Waals surface area contributed by atoms with Crippen molar-refractivity contribution in [2.45, 2.75) is 19.8 Å². The molecule has 1 aliphatic rings. The Balaban J connectivity index is 1.61. The monoisotopic (exact) mass is 393 g/mol. The van der Waals surface area contributed by atoms with Gasteiger partial charge in [-0.15, -0.1) is 10.2 Å². The van der Waals surface area contributed by atoms with Gasteiger partial charge in [0.2, 0.25) is 12.3 Å². The van der Waals surface area contributed by atoms with Crippen LogP contribution in [0.15, 0.2) is 47.2 Å². The number of aryl methyl sites for hydroxylation is 1. The van der Waals surface area contributed by atoms with E-state index in [2.05, 4.69) is 15.5 Å². The molecule has 9 nitrogen and oxygen atoms in total. The third-order valence-corrected chi connectivity index (χ3v) is 4.97. The zero-order valence-corrected chi connectivity index (χ0v) is 15.8. The number of carbonyl (C=O) groups excluding carboxylic acids is 1. The Morgan fingerprint density at radius 3 is 2.69 bits per heavy atom. The third-order valence-electron chi connectivity index (χ3n) is 4.97. The first kappa shape index (κ1) is 18.6. The third kappa shape index (κ3) is 3.79. The minimum atomic E-state index is -0.439. The average Bonchev–Trinajstić information content (AvgIpc) is 3.43. The van der Waals surface area contributed by atoms with E-state index in [1.165, 1.54) is 12.5 Å². The quantitative estimate of drug-likeness (QED) is 0.518. The van der Waals surface area contributed by atoms with Gasteiger partial charge in [0.25, 0.3) is 11.6 Å². The fraction of sp³-hybridized carbons (Fsp3) is 0.250. The van der Waals surface area contributed by atoms with Crippen molar-refractivity contribution in [3.8, 4) is 11.5 Å². The minimum Gasteiger partial charge on any atom is -0.423 e. The lowest BCUT2D eigenvalue weighted by molar-refractivity contribution is -0.384. The molecule has 0 spiro atoms. The van der Waals surface area contributed by atoms with Crippen LogP contribution in [0, 0.1) is 17.0 Å². The van der Waals surface area contributed by atoms with Gasteiger partial charge in [-0.3, -0.25) is 14.9 Å². The molecule has 1 amide bonds. The summed E-state index contributed by atoms with van der Waals surface area (Å²) in [6.45, 7) is 3.42. The molecule has 1 saturated heterocycles. The molecule has 1 fully saturated rings. The number of hydrogen-bond donors (Lipinski definition) is 1. The van der Waals surface area contributed by atoms with Gasteiger partial charge in [-0.2, -0.15) is 0 Å². The molecule has 0 aliphatic carbocycles. The fourth-order valence-corrected chi connectivity index (χ4v) is 3.42. The standard InChI is InChI=1S/C20H19N5O4/c1-13-4-5-15(20-23-21-12-29-20)10-16(13)22-19(26)14-6-7-17(18(11-14)25(27)28)24-8-2-3-9-24/h4-7,10-12H,2-3,8-9H2,1H3,(H,22,26). The van der Waals surface area contributed by atoms with Crippen molar-refractivity contribution >= 4 is 23.0 Å². The molecule has 0 radical (unpaired) electrons. The number of aromatic nitrogens is 2. The number of benzene rings is 2. The molecule has 9 heteroatoms. The topological polar surface area (TPSA) is 114 Å². The van der Waals surface area contributed by atoms with Crippen LogP contribution in [0.25, 0.3) is 11.5 Å². The molecule has 3 aromatic rings. The second-order valence-electron chi connectivity index (χ2n) is 6.88. The summed E-state index contributed by atoms with van der Waals surface area (Å²) in [4.78, 5) is 25.9. The maximum atomic E-state index is 12.8. The van der Waals surface area contributed by atoms with Gasteiger partial charge in [-0.25, -0.2) is 0 Å². The SMILES string of the molecule is Cc1ccc(-c2nnco2)cc1NC(=O)c1ccc(N2CCCC2)c([N+](=O)[O-])c1. The number of amides is 1. The molecular formula is C20H19N5O4. The van der Waals surface area contributed by atoms with Crippen molar-refractivity contribution in [1.82, 2.24) is 10.2 Å². The summed E-state index contributed by atoms with van der Waals surface area (Å²) in [6, 6.07) is 9.98. The predicted octanol–water partition coefficient (Wildman–Crippen LogP) is 3.81. The van der Waals surface area contributed by atoms with Crippen molar-refractivity contribution in [2.24, 2.45) is 0 Å². The zero-order valence-electron chi connectivity index (χ0n) is 15.8. The lowest BCUT2D eigenvalue weighted by atomic mass is 10.1. The van der Waals surface area contributed by atoms with Crippen molar-refractivity contribution < 1.29 is 14.1 Å². The Labute approximate surface area is 166 Å². The normalized spacial score (nSPS) is 13.5. The van der Waals surface area contributed by atoms with E-state index in [1.54, 1.807) is 18.2 Å². The van der Waals surface area contributed by atoms with Crippen LogP contribution in [0.4, 0.5) is 17.1 Å². The number of nitro groups is 1. The molecular weight excluding hydrogens is 374 g/mol. The van der Waals surface area contributed by atoms with Crippen molar-refractivity contribution in [3.05, 3.63) is 64.0 Å². The lowest BCUT2D eigenvalue weighted by Crippen LogP contribution is -2.20. The molecule has 1 N–H and O–H groups in total. The first-order chi connectivity index (χ1) is 14.0. The smallest absolute Gasteiger partial charge is 0.293 e. The largest absolute Gasteiger partial charge is 0.423 e. The van der Waals surface area contributed by atoms with E-state index in [-0.39, 0.29) is 11.3 Å². The highest BCUT2D eigenvalue weighted by Gasteiger charge is 2.24. The van der Waals surface area contributed by atoms with Gasteiger partial charge in [0.05, 0.1) is 4.92 Å². The Bertz CT molecular complexity index is 1060. The molecule has 0 unspecified atom stereocenters. The number of rotatable bonds is 5. The predicted molar refractivity (Wildman–Crippen MR) is 107 cm³/mol. The Morgan fingerprint density at radius 1 is 1.21 bits per heavy atom. The number of hydrogen-bond acceptors (Lipinski definition) is 7. The van der Waals surface area contributed by atoms with E-state index in [0.717, 1.165) is 31.5 Å². The highest BCUT2D eigenvalue weighted by Crippen LogP contribution is 2.32. The lowest BCUT2D eigenvalue weighted by Gasteiger charge is -2.18. The Morgan fingerprint density at radius 2 is 2.00 bits per heavy atom. The molecule has 148 valence electrons. The summed E-state index contributed by atoms with van der Waals surface area (Å²) in [5.74, 6) is -0.0852. The summed E-state index contributed by atoms with van der Waals surface area (Å²) in [7, 11) is 0. The van der Waals surface area contributed by atoms with Crippen molar-refractivity contribution in [1.29, 1.82) is 0 Å². The molecule has 4 rings (SSSR count). The van der Waals surface area contributed by atoms with Crippen LogP contribution in [0.2, 0.25) is 0 Å². The number of nitrogens with zero attached hydrogens (tertiary/aromatic N) is 4. The van der Waals surface area contributed by atoms with E-state index in [0.29, 0.717) is 22.8 Å². The molecule has 0 atom stereocenters. The first-order valence-electron chi connectivity index (χ1n) is 9.25. The Hall–Kier alpha value is -3.75. The van der Waals surface area contributed by atoms with E-state index < -0.39 is 10.8 Å². The summed E-state index contributed by atoms with van der Waals surface area (Å²) in [6.07, 6.45) is 3.25. The molecule has 2 aromatic carbocycles. The van der Waals surface area contributed by atoms with Crippen LogP contribution < -0.4 is 10.2 Å². The van der Waals surface area contributed by atoms with Gasteiger partial charge in [-0.1, -0.05) is 6.07 Å². The molecule has 0 saturated carbocycles. The fourth-order valence-electron chi connectivity index (χ4n) is 3.42. The van der Waals surface area contributed by atoms with Crippen LogP contribution in [-0.2, 0) is 0 Å². The second-order valence-corrected chi connectivity index (χ2v) is 6.88. The van der Waals surface area contributed by atoms with E-state index >= 15 is 0 Å². The van der Waals surface area contributed by atoms with Crippen LogP contribution in [0.3, 0.4) is 0 Å². The van der Waals surface area contributed by atoms with Gasteiger partial charge < -0.3 is 14.6 Å². The van der Waals surface area contributed by atoms with Gasteiger partial charge in [0.15, 0.2) is 0 Å². The van der Waals surface area contributed by atoms with E-state index in [1.807, 2.05) is 24.0 Å². The first-order valence-corrected chi connectivity index (χ1v) is 9.25. The number of nitrogens with one attached hydrogen (secondary N) is 1. The van der Waals surface area contributed by atoms with Crippen LogP contribution in [-0.4, -0.2) is 34.1 Å². The van der Waals surface area contributed by atoms with Gasteiger partial charge in [0.1, 0.15) is 5.69 Å². The highest BCUT2D eigenvalue weighted by molar-refractivity contribution is 6.05. The van der Waals surface area contributed by atoms with Crippen molar-refractivity contribution in [2.75, 3.05) is 23.3 Å². The Kier molecular flexibility index (Phi) is 4.94. The van der Waals surface area contributed by atoms with Gasteiger partial charge in [0, 0.05) is 36.0 Å². The van der Waals surface area contributed by atoms with E-state index in [9.17, 15) is 14.9 Å². The molecule has 1 aromatic heterocycles. The number of carbonyl (C=O) groups is 1. The number of nitro benzene ring substituents is 1. The highest BCUT2D eigenvalue weighted by atomic mass is 16.6. The molecule has 29 heavy (non-hydrogen) atoms. The van der Waals surface area contributed by atoms with Crippen molar-refractivity contribution in [3.63, 3.8) is 0 Å². The summed E-state index contributed by atoms with van der Waals surface area (Å²) >= 11 is 0. The summed E-state index contributed by atoms with van der Waals surface area (Å²) in [5.41, 5.74) is 2.79. The molecule has 2 heterocycles. The second kappa shape index (κ2) is 7.70. The summed E-state index contributed by atoms with van der Waals surface area (Å²) < 4.78 is 5.19. The van der Waals surface area contributed by atoms with Gasteiger partial charge >= 0.3 is 0 Å². The van der Waals surface area contributed by atoms with Crippen LogP contribution in [0.1, 0.15) is 28.8 Å². The molecule has 1 aliphatic heterocycles. The number of anilines is 2. The average molecular weight is 393 g/mol. The molecule has 0 bridgehead atoms. The summed E-state index contributed by atoms with van der Waals surface area (Å²) in [5, 5.41) is 21.9. The van der Waals surface area contributed by atoms with Crippen LogP contribution >= 0.6 is 0 Å². The zero-order chi connectivity index (χ0) is 20.4. The van der Waals surface area contributed by atoms with Crippen LogP contribution in [0.5, 0.6) is 0 Å². The maximum absolute atomic E-state index is 12.8. The van der Waals surface area contributed by atoms with E-state index in [4.69, 9.17) is 4.42 Å². The minimum absolute atomic E-state index is 0.0594.